The fourth-order valence-electron chi connectivity index (χ4n) is 2.05. The quantitative estimate of drug-likeness (QED) is 0.809. The highest BCUT2D eigenvalue weighted by atomic mass is 35.5. The van der Waals surface area contributed by atoms with E-state index in [0.29, 0.717) is 6.42 Å². The number of carboxylic acid groups (broad SMARTS) is 1. The van der Waals surface area contributed by atoms with Crippen molar-refractivity contribution in [3.05, 3.63) is 29.8 Å². The first-order valence-corrected chi connectivity index (χ1v) is 6.29. The Hall–Kier alpha value is -1.26. The minimum Gasteiger partial charge on any atom is -0.508 e. The second kappa shape index (κ2) is 8.77. The van der Waals surface area contributed by atoms with Crippen molar-refractivity contribution in [2.24, 2.45) is 0 Å². The minimum absolute atomic E-state index is 0. The molecule has 0 aliphatic rings. The number of aromatic hydroxyl groups is 1. The maximum Gasteiger partial charge on any atom is 0.303 e. The Balaban J connectivity index is 0.00000324. The number of halogens is 1. The number of nitrogens with zero attached hydrogens (tertiary/aromatic N) is 1. The molecule has 0 radical (unpaired) electrons. The van der Waals surface area contributed by atoms with Crippen LogP contribution < -0.4 is 0 Å². The molecule has 0 saturated heterocycles. The van der Waals surface area contributed by atoms with Crippen LogP contribution in [0, 0.1) is 0 Å². The molecule has 0 aromatic heterocycles. The van der Waals surface area contributed by atoms with E-state index in [1.807, 2.05) is 12.1 Å². The molecule has 0 amide bonds. The zero-order chi connectivity index (χ0) is 13.5. The maximum absolute atomic E-state index is 10.5. The van der Waals surface area contributed by atoms with E-state index >= 15 is 0 Å². The highest BCUT2D eigenvalue weighted by molar-refractivity contribution is 5.85. The number of phenolic OH excluding ortho intramolecular Hbond substituents is 1. The topological polar surface area (TPSA) is 60.8 Å². The fourth-order valence-corrected chi connectivity index (χ4v) is 2.05. The molecule has 1 unspecified atom stereocenters. The molecule has 0 aliphatic heterocycles. The van der Waals surface area contributed by atoms with Gasteiger partial charge in [-0.2, -0.15) is 0 Å². The summed E-state index contributed by atoms with van der Waals surface area (Å²) in [5.41, 5.74) is 1.05. The average molecular weight is 288 g/mol. The van der Waals surface area contributed by atoms with Crippen LogP contribution in [0.3, 0.4) is 0 Å². The van der Waals surface area contributed by atoms with Crippen molar-refractivity contribution in [3.8, 4) is 5.75 Å². The van der Waals surface area contributed by atoms with Gasteiger partial charge < -0.3 is 10.2 Å². The van der Waals surface area contributed by atoms with Gasteiger partial charge in [-0.05, 0) is 44.1 Å². The van der Waals surface area contributed by atoms with E-state index in [1.165, 1.54) is 0 Å². The largest absolute Gasteiger partial charge is 0.508 e. The molecule has 5 heteroatoms. The molecule has 2 N–H and O–H groups in total. The van der Waals surface area contributed by atoms with Crippen LogP contribution in [0.25, 0.3) is 0 Å². The van der Waals surface area contributed by atoms with Gasteiger partial charge in [-0.15, -0.1) is 12.4 Å². The third-order valence-electron chi connectivity index (χ3n) is 3.14. The molecule has 0 aliphatic carbocycles. The molecule has 19 heavy (non-hydrogen) atoms. The standard InChI is InChI=1S/C14H21NO3.ClH/c1-3-15(9-5-8-14(17)18)11(2)12-6-4-7-13(16)10-12;/h4,6-7,10-11,16H,3,5,8-9H2,1-2H3,(H,17,18);1H. The van der Waals surface area contributed by atoms with E-state index in [2.05, 4.69) is 18.7 Å². The first-order chi connectivity index (χ1) is 8.54. The van der Waals surface area contributed by atoms with Crippen molar-refractivity contribution in [1.29, 1.82) is 0 Å². The summed E-state index contributed by atoms with van der Waals surface area (Å²) in [6.45, 7) is 5.73. The molecular weight excluding hydrogens is 266 g/mol. The van der Waals surface area contributed by atoms with E-state index < -0.39 is 5.97 Å². The Morgan fingerprint density at radius 1 is 1.42 bits per heavy atom. The van der Waals surface area contributed by atoms with Crippen LogP contribution in [0.5, 0.6) is 5.75 Å². The number of carbonyl (C=O) groups is 1. The van der Waals surface area contributed by atoms with Crippen LogP contribution in [-0.2, 0) is 4.79 Å². The van der Waals surface area contributed by atoms with E-state index in [0.717, 1.165) is 18.7 Å². The van der Waals surface area contributed by atoms with Crippen LogP contribution in [0.1, 0.15) is 38.3 Å². The lowest BCUT2D eigenvalue weighted by molar-refractivity contribution is -0.137. The second-order valence-electron chi connectivity index (χ2n) is 4.40. The Morgan fingerprint density at radius 3 is 2.63 bits per heavy atom. The highest BCUT2D eigenvalue weighted by Crippen LogP contribution is 2.23. The summed E-state index contributed by atoms with van der Waals surface area (Å²) in [4.78, 5) is 12.7. The Morgan fingerprint density at radius 2 is 2.11 bits per heavy atom. The predicted molar refractivity (Wildman–Crippen MR) is 77.9 cm³/mol. The monoisotopic (exact) mass is 287 g/mol. The van der Waals surface area contributed by atoms with Gasteiger partial charge in [0.15, 0.2) is 0 Å². The third kappa shape index (κ3) is 5.94. The lowest BCUT2D eigenvalue weighted by Gasteiger charge is -2.28. The normalized spacial score (nSPS) is 11.9. The van der Waals surface area contributed by atoms with Crippen LogP contribution >= 0.6 is 12.4 Å². The average Bonchev–Trinajstić information content (AvgIpc) is 2.33. The number of benzene rings is 1. The lowest BCUT2D eigenvalue weighted by Crippen LogP contribution is -2.28. The molecular formula is C14H22ClNO3. The van der Waals surface area contributed by atoms with Crippen molar-refractivity contribution in [2.75, 3.05) is 13.1 Å². The van der Waals surface area contributed by atoms with Gasteiger partial charge in [0.1, 0.15) is 5.75 Å². The van der Waals surface area contributed by atoms with Gasteiger partial charge in [-0.1, -0.05) is 19.1 Å². The van der Waals surface area contributed by atoms with E-state index in [-0.39, 0.29) is 30.6 Å². The summed E-state index contributed by atoms with van der Waals surface area (Å²) in [5, 5.41) is 18.1. The molecule has 1 aromatic rings. The van der Waals surface area contributed by atoms with Crippen molar-refractivity contribution in [2.45, 2.75) is 32.7 Å². The number of carboxylic acids is 1. The molecule has 1 aromatic carbocycles. The van der Waals surface area contributed by atoms with Gasteiger partial charge in [0.2, 0.25) is 0 Å². The van der Waals surface area contributed by atoms with Crippen molar-refractivity contribution < 1.29 is 15.0 Å². The van der Waals surface area contributed by atoms with Crippen LogP contribution in [0.2, 0.25) is 0 Å². The maximum atomic E-state index is 10.5. The van der Waals surface area contributed by atoms with Gasteiger partial charge in [0.05, 0.1) is 0 Å². The van der Waals surface area contributed by atoms with Gasteiger partial charge >= 0.3 is 5.97 Å². The molecule has 108 valence electrons. The van der Waals surface area contributed by atoms with E-state index in [1.54, 1.807) is 12.1 Å². The zero-order valence-electron chi connectivity index (χ0n) is 11.4. The van der Waals surface area contributed by atoms with E-state index in [4.69, 9.17) is 5.11 Å². The molecule has 0 fully saturated rings. The van der Waals surface area contributed by atoms with Crippen molar-refractivity contribution >= 4 is 18.4 Å². The van der Waals surface area contributed by atoms with Gasteiger partial charge in [0.25, 0.3) is 0 Å². The number of hydrogen-bond donors (Lipinski definition) is 2. The van der Waals surface area contributed by atoms with Crippen LogP contribution in [0.4, 0.5) is 0 Å². The Labute approximate surface area is 120 Å². The lowest BCUT2D eigenvalue weighted by atomic mass is 10.1. The summed E-state index contributed by atoms with van der Waals surface area (Å²) < 4.78 is 0. The Kier molecular flexibility index (Phi) is 8.19. The summed E-state index contributed by atoms with van der Waals surface area (Å²) in [6, 6.07) is 7.38. The summed E-state index contributed by atoms with van der Waals surface area (Å²) in [5.74, 6) is -0.489. The molecule has 0 heterocycles. The van der Waals surface area contributed by atoms with E-state index in [9.17, 15) is 9.90 Å². The molecule has 0 bridgehead atoms. The summed E-state index contributed by atoms with van der Waals surface area (Å²) in [6.07, 6.45) is 0.843. The molecule has 1 rings (SSSR count). The van der Waals surface area contributed by atoms with Crippen LogP contribution in [0.15, 0.2) is 24.3 Å². The fraction of sp³-hybridized carbons (Fsp3) is 0.500. The summed E-state index contributed by atoms with van der Waals surface area (Å²) >= 11 is 0. The van der Waals surface area contributed by atoms with Gasteiger partial charge in [-0.3, -0.25) is 9.69 Å². The summed E-state index contributed by atoms with van der Waals surface area (Å²) in [7, 11) is 0. The third-order valence-corrected chi connectivity index (χ3v) is 3.14. The molecule has 1 atom stereocenters. The smallest absolute Gasteiger partial charge is 0.303 e. The minimum atomic E-state index is -0.754. The van der Waals surface area contributed by atoms with Gasteiger partial charge in [-0.25, -0.2) is 0 Å². The number of hydrogen-bond acceptors (Lipinski definition) is 3. The highest BCUT2D eigenvalue weighted by Gasteiger charge is 2.14. The Bertz CT molecular complexity index is 398. The predicted octanol–water partition coefficient (Wildman–Crippen LogP) is 3.06. The molecule has 0 spiro atoms. The molecule has 4 nitrogen and oxygen atoms in total. The first-order valence-electron chi connectivity index (χ1n) is 6.29. The van der Waals surface area contributed by atoms with Crippen molar-refractivity contribution in [3.63, 3.8) is 0 Å². The van der Waals surface area contributed by atoms with Crippen LogP contribution in [-0.4, -0.2) is 34.2 Å². The zero-order valence-corrected chi connectivity index (χ0v) is 12.2. The number of phenols is 1. The number of aliphatic carboxylic acids is 1. The molecule has 0 saturated carbocycles. The SMILES string of the molecule is CCN(CCCC(=O)O)C(C)c1cccc(O)c1.Cl. The van der Waals surface area contributed by atoms with Gasteiger partial charge in [0, 0.05) is 12.5 Å². The van der Waals surface area contributed by atoms with Crippen molar-refractivity contribution in [1.82, 2.24) is 4.90 Å². The second-order valence-corrected chi connectivity index (χ2v) is 4.40. The number of rotatable bonds is 7. The first kappa shape index (κ1) is 17.7.